The highest BCUT2D eigenvalue weighted by molar-refractivity contribution is 6.35. The lowest BCUT2D eigenvalue weighted by Crippen LogP contribution is -2.34. The normalized spacial score (nSPS) is 17.9. The Morgan fingerprint density at radius 1 is 0.844 bits per heavy atom. The lowest BCUT2D eigenvalue weighted by Gasteiger charge is -2.26. The summed E-state index contributed by atoms with van der Waals surface area (Å²) in [5, 5.41) is 15.2. The summed E-state index contributed by atoms with van der Waals surface area (Å²) in [7, 11) is 0. The summed E-state index contributed by atoms with van der Waals surface area (Å²) in [6.45, 7) is 0.499. The van der Waals surface area contributed by atoms with Crippen molar-refractivity contribution in [3.05, 3.63) is 63.6 Å². The number of ether oxygens (including phenoxy) is 1. The predicted octanol–water partition coefficient (Wildman–Crippen LogP) is 4.18. The summed E-state index contributed by atoms with van der Waals surface area (Å²) < 4.78 is 5.91. The Hall–Kier alpha value is -2.77. The molecule has 0 bridgehead atoms. The van der Waals surface area contributed by atoms with Crippen molar-refractivity contribution in [1.29, 1.82) is 0 Å². The molecule has 32 heavy (non-hydrogen) atoms. The average molecular weight is 479 g/mol. The highest BCUT2D eigenvalue weighted by Gasteiger charge is 2.26. The topological polar surface area (TPSA) is 105 Å². The number of hydrogen-bond donors (Lipinski definition) is 3. The second-order valence-electron chi connectivity index (χ2n) is 7.62. The molecule has 0 aromatic heterocycles. The SMILES string of the molecule is O=C(NCCNC(=O)c1cc(Cl)cc(Cl)c1)c1ccc(O[C@H]2CC[C@@H](C(=O)O)CC2)cc1. The number of benzene rings is 2. The minimum Gasteiger partial charge on any atom is -0.490 e. The Morgan fingerprint density at radius 2 is 1.38 bits per heavy atom. The number of carboxylic acids is 1. The van der Waals surface area contributed by atoms with Gasteiger partial charge in [0.25, 0.3) is 11.8 Å². The van der Waals surface area contributed by atoms with Crippen molar-refractivity contribution in [2.24, 2.45) is 5.92 Å². The van der Waals surface area contributed by atoms with Crippen LogP contribution in [0.2, 0.25) is 10.0 Å². The molecule has 0 atom stereocenters. The van der Waals surface area contributed by atoms with Crippen LogP contribution in [0.3, 0.4) is 0 Å². The largest absolute Gasteiger partial charge is 0.490 e. The van der Waals surface area contributed by atoms with Gasteiger partial charge in [0.2, 0.25) is 0 Å². The van der Waals surface area contributed by atoms with Crippen LogP contribution in [-0.4, -0.2) is 42.1 Å². The molecule has 1 saturated carbocycles. The van der Waals surface area contributed by atoms with Gasteiger partial charge in [-0.3, -0.25) is 14.4 Å². The van der Waals surface area contributed by atoms with Gasteiger partial charge in [0.1, 0.15) is 5.75 Å². The quantitative estimate of drug-likeness (QED) is 0.493. The van der Waals surface area contributed by atoms with Crippen LogP contribution in [0, 0.1) is 5.92 Å². The molecule has 3 N–H and O–H groups in total. The van der Waals surface area contributed by atoms with E-state index in [0.29, 0.717) is 52.6 Å². The third kappa shape index (κ3) is 6.87. The molecule has 0 spiro atoms. The van der Waals surface area contributed by atoms with E-state index >= 15 is 0 Å². The maximum Gasteiger partial charge on any atom is 0.306 e. The van der Waals surface area contributed by atoms with E-state index in [1.807, 2.05) is 0 Å². The molecule has 7 nitrogen and oxygen atoms in total. The zero-order valence-electron chi connectivity index (χ0n) is 17.3. The first-order valence-electron chi connectivity index (χ1n) is 10.3. The van der Waals surface area contributed by atoms with Crippen LogP contribution in [0.5, 0.6) is 5.75 Å². The fraction of sp³-hybridized carbons (Fsp3) is 0.348. The fourth-order valence-corrected chi connectivity index (χ4v) is 4.07. The maximum absolute atomic E-state index is 12.3. The number of nitrogens with one attached hydrogen (secondary N) is 2. The van der Waals surface area contributed by atoms with Crippen LogP contribution in [0.25, 0.3) is 0 Å². The van der Waals surface area contributed by atoms with Gasteiger partial charge in [-0.25, -0.2) is 0 Å². The summed E-state index contributed by atoms with van der Waals surface area (Å²) in [6.07, 6.45) is 2.62. The third-order valence-electron chi connectivity index (χ3n) is 5.26. The van der Waals surface area contributed by atoms with E-state index in [0.717, 1.165) is 0 Å². The smallest absolute Gasteiger partial charge is 0.306 e. The van der Waals surface area contributed by atoms with Crippen molar-refractivity contribution in [2.75, 3.05) is 13.1 Å². The van der Waals surface area contributed by atoms with Gasteiger partial charge >= 0.3 is 5.97 Å². The Balaban J connectivity index is 1.40. The summed E-state index contributed by atoms with van der Waals surface area (Å²) in [4.78, 5) is 35.5. The number of carbonyl (C=O) groups is 3. The molecular formula is C23H24Cl2N2O5. The zero-order chi connectivity index (χ0) is 23.1. The standard InChI is InChI=1S/C23H24Cl2N2O5/c24-17-11-16(12-18(25)13-17)22(29)27-10-9-26-21(28)14-1-5-19(6-2-14)32-20-7-3-15(4-8-20)23(30)31/h1-2,5-6,11-13,15,20H,3-4,7-10H2,(H,26,28)(H,27,29)(H,30,31)/t15-,20+. The first-order valence-corrected chi connectivity index (χ1v) is 11.1. The summed E-state index contributed by atoms with van der Waals surface area (Å²) in [5.74, 6) is -0.977. The first kappa shape index (κ1) is 23.9. The van der Waals surface area contributed by atoms with Gasteiger partial charge in [0, 0.05) is 34.3 Å². The van der Waals surface area contributed by atoms with Gasteiger partial charge in [-0.2, -0.15) is 0 Å². The minimum absolute atomic E-state index is 0.0109. The van der Waals surface area contributed by atoms with E-state index < -0.39 is 5.97 Å². The third-order valence-corrected chi connectivity index (χ3v) is 5.70. The van der Waals surface area contributed by atoms with E-state index in [-0.39, 0.29) is 36.9 Å². The van der Waals surface area contributed by atoms with E-state index in [4.69, 9.17) is 33.0 Å². The van der Waals surface area contributed by atoms with Crippen LogP contribution >= 0.6 is 23.2 Å². The molecule has 2 aromatic carbocycles. The number of hydrogen-bond acceptors (Lipinski definition) is 4. The van der Waals surface area contributed by atoms with Crippen LogP contribution in [-0.2, 0) is 4.79 Å². The highest BCUT2D eigenvalue weighted by Crippen LogP contribution is 2.28. The van der Waals surface area contributed by atoms with E-state index in [9.17, 15) is 14.4 Å². The van der Waals surface area contributed by atoms with Crippen molar-refractivity contribution >= 4 is 41.0 Å². The van der Waals surface area contributed by atoms with Crippen LogP contribution < -0.4 is 15.4 Å². The molecule has 0 saturated heterocycles. The van der Waals surface area contributed by atoms with E-state index in [1.54, 1.807) is 30.3 Å². The second kappa shape index (κ2) is 11.2. The van der Waals surface area contributed by atoms with Crippen LogP contribution in [0.15, 0.2) is 42.5 Å². The van der Waals surface area contributed by atoms with E-state index in [2.05, 4.69) is 10.6 Å². The van der Waals surface area contributed by atoms with Gasteiger partial charge in [0.05, 0.1) is 12.0 Å². The van der Waals surface area contributed by atoms with Gasteiger partial charge in [-0.15, -0.1) is 0 Å². The van der Waals surface area contributed by atoms with Gasteiger partial charge in [-0.1, -0.05) is 23.2 Å². The number of rotatable bonds is 8. The van der Waals surface area contributed by atoms with Gasteiger partial charge < -0.3 is 20.5 Å². The zero-order valence-corrected chi connectivity index (χ0v) is 18.8. The highest BCUT2D eigenvalue weighted by atomic mass is 35.5. The monoisotopic (exact) mass is 478 g/mol. The van der Waals surface area contributed by atoms with Gasteiger partial charge in [-0.05, 0) is 68.1 Å². The van der Waals surface area contributed by atoms with Crippen molar-refractivity contribution < 1.29 is 24.2 Å². The summed E-state index contributed by atoms with van der Waals surface area (Å²) in [5.41, 5.74) is 0.820. The lowest BCUT2D eigenvalue weighted by molar-refractivity contribution is -0.143. The lowest BCUT2D eigenvalue weighted by atomic mass is 9.87. The molecule has 2 amide bonds. The Labute approximate surface area is 196 Å². The number of aliphatic carboxylic acids is 1. The molecule has 1 aliphatic carbocycles. The Morgan fingerprint density at radius 3 is 1.91 bits per heavy atom. The molecule has 2 aromatic rings. The van der Waals surface area contributed by atoms with Crippen LogP contribution in [0.1, 0.15) is 46.4 Å². The van der Waals surface area contributed by atoms with Crippen molar-refractivity contribution in [2.45, 2.75) is 31.8 Å². The molecule has 170 valence electrons. The average Bonchev–Trinajstić information content (AvgIpc) is 2.76. The molecular weight excluding hydrogens is 455 g/mol. The molecule has 0 unspecified atom stereocenters. The number of amides is 2. The molecule has 1 aliphatic rings. The molecule has 0 radical (unpaired) electrons. The number of carbonyl (C=O) groups excluding carboxylic acids is 2. The van der Waals surface area contributed by atoms with Crippen molar-refractivity contribution in [3.8, 4) is 5.75 Å². The Kier molecular flexibility index (Phi) is 8.36. The van der Waals surface area contributed by atoms with Crippen LogP contribution in [0.4, 0.5) is 0 Å². The fourth-order valence-electron chi connectivity index (χ4n) is 3.55. The Bertz CT molecular complexity index is 953. The second-order valence-corrected chi connectivity index (χ2v) is 8.50. The summed E-state index contributed by atoms with van der Waals surface area (Å²) in [6, 6.07) is 11.4. The molecule has 1 fully saturated rings. The van der Waals surface area contributed by atoms with E-state index in [1.165, 1.54) is 12.1 Å². The summed E-state index contributed by atoms with van der Waals surface area (Å²) >= 11 is 11.8. The molecule has 3 rings (SSSR count). The molecule has 9 heteroatoms. The molecule has 0 heterocycles. The maximum atomic E-state index is 12.3. The number of halogens is 2. The predicted molar refractivity (Wildman–Crippen MR) is 122 cm³/mol. The number of carboxylic acid groups (broad SMARTS) is 1. The first-order chi connectivity index (χ1) is 15.3. The minimum atomic E-state index is -0.743. The van der Waals surface area contributed by atoms with Crippen molar-refractivity contribution in [1.82, 2.24) is 10.6 Å². The van der Waals surface area contributed by atoms with Crippen molar-refractivity contribution in [3.63, 3.8) is 0 Å². The van der Waals surface area contributed by atoms with Gasteiger partial charge in [0.15, 0.2) is 0 Å². The molecule has 0 aliphatic heterocycles.